The summed E-state index contributed by atoms with van der Waals surface area (Å²) in [5.41, 5.74) is 0.540. The zero-order chi connectivity index (χ0) is 22.9. The molecule has 1 aliphatic carbocycles. The molecular formula is C25H34O7. The SMILES string of the molecule is CCCCCC1CCC(C=CCOc2ccc(C3O[C@@H](C(=O)O)[C@H](C(=O)O)O3)cc2)CC1. The van der Waals surface area contributed by atoms with Crippen molar-refractivity contribution in [2.45, 2.75) is 76.8 Å². The summed E-state index contributed by atoms with van der Waals surface area (Å²) in [4.78, 5) is 22.4. The first kappa shape index (κ1) is 24.3. The van der Waals surface area contributed by atoms with E-state index in [1.165, 1.54) is 51.4 Å². The highest BCUT2D eigenvalue weighted by Crippen LogP contribution is 2.33. The third-order valence-electron chi connectivity index (χ3n) is 6.32. The highest BCUT2D eigenvalue weighted by molar-refractivity contribution is 5.84. The Morgan fingerprint density at radius 1 is 1.00 bits per heavy atom. The monoisotopic (exact) mass is 446 g/mol. The molecule has 32 heavy (non-hydrogen) atoms. The Kier molecular flexibility index (Phi) is 9.11. The van der Waals surface area contributed by atoms with E-state index in [0.717, 1.165) is 5.92 Å². The molecule has 0 bridgehead atoms. The first-order valence-corrected chi connectivity index (χ1v) is 11.6. The van der Waals surface area contributed by atoms with Gasteiger partial charge in [-0.05, 0) is 49.7 Å². The number of aliphatic carboxylic acids is 2. The Hall–Kier alpha value is -2.38. The molecule has 176 valence electrons. The molecule has 0 spiro atoms. The maximum Gasteiger partial charge on any atom is 0.336 e. The lowest BCUT2D eigenvalue weighted by atomic mass is 9.79. The molecule has 2 N–H and O–H groups in total. The summed E-state index contributed by atoms with van der Waals surface area (Å²) in [6.45, 7) is 2.73. The van der Waals surface area contributed by atoms with Crippen molar-refractivity contribution in [2.24, 2.45) is 11.8 Å². The van der Waals surface area contributed by atoms with Gasteiger partial charge in [0, 0.05) is 5.56 Å². The molecule has 0 amide bonds. The molecule has 2 aliphatic rings. The molecule has 7 nitrogen and oxygen atoms in total. The Morgan fingerprint density at radius 3 is 2.19 bits per heavy atom. The van der Waals surface area contributed by atoms with E-state index in [1.54, 1.807) is 24.3 Å². The lowest BCUT2D eigenvalue weighted by Crippen LogP contribution is -2.36. The van der Waals surface area contributed by atoms with Gasteiger partial charge >= 0.3 is 11.9 Å². The summed E-state index contributed by atoms with van der Waals surface area (Å²) in [5, 5.41) is 18.2. The quantitative estimate of drug-likeness (QED) is 0.366. The fourth-order valence-electron chi connectivity index (χ4n) is 4.44. The molecule has 0 radical (unpaired) electrons. The summed E-state index contributed by atoms with van der Waals surface area (Å²) >= 11 is 0. The molecule has 1 aromatic carbocycles. The van der Waals surface area contributed by atoms with Gasteiger partial charge in [-0.2, -0.15) is 0 Å². The lowest BCUT2D eigenvalue weighted by Gasteiger charge is -2.26. The summed E-state index contributed by atoms with van der Waals surface area (Å²) in [6.07, 6.45) is 10.8. The van der Waals surface area contributed by atoms with E-state index >= 15 is 0 Å². The van der Waals surface area contributed by atoms with Crippen LogP contribution in [0.1, 0.15) is 70.1 Å². The van der Waals surface area contributed by atoms with Gasteiger partial charge in [0.05, 0.1) is 0 Å². The van der Waals surface area contributed by atoms with Crippen molar-refractivity contribution >= 4 is 11.9 Å². The lowest BCUT2D eigenvalue weighted by molar-refractivity contribution is -0.156. The highest BCUT2D eigenvalue weighted by atomic mass is 16.7. The van der Waals surface area contributed by atoms with Gasteiger partial charge in [-0.25, -0.2) is 9.59 Å². The number of ether oxygens (including phenoxy) is 3. The van der Waals surface area contributed by atoms with E-state index in [4.69, 9.17) is 24.4 Å². The number of benzene rings is 1. The van der Waals surface area contributed by atoms with Crippen LogP contribution >= 0.6 is 0 Å². The van der Waals surface area contributed by atoms with Crippen LogP contribution in [0.2, 0.25) is 0 Å². The van der Waals surface area contributed by atoms with Crippen LogP contribution in [-0.4, -0.2) is 41.0 Å². The van der Waals surface area contributed by atoms with Crippen LogP contribution in [0.3, 0.4) is 0 Å². The average Bonchev–Trinajstić information content (AvgIpc) is 3.25. The topological polar surface area (TPSA) is 102 Å². The van der Waals surface area contributed by atoms with Crippen molar-refractivity contribution in [3.05, 3.63) is 42.0 Å². The van der Waals surface area contributed by atoms with Gasteiger partial charge in [0.2, 0.25) is 0 Å². The third-order valence-corrected chi connectivity index (χ3v) is 6.32. The first-order valence-electron chi connectivity index (χ1n) is 11.6. The largest absolute Gasteiger partial charge is 0.490 e. The maximum atomic E-state index is 11.2. The van der Waals surface area contributed by atoms with Crippen LogP contribution in [0.25, 0.3) is 0 Å². The van der Waals surface area contributed by atoms with Crippen molar-refractivity contribution in [3.8, 4) is 5.75 Å². The van der Waals surface area contributed by atoms with Gasteiger partial charge in [-0.15, -0.1) is 0 Å². The number of carbonyl (C=O) groups is 2. The Labute approximate surface area is 189 Å². The van der Waals surface area contributed by atoms with E-state index in [-0.39, 0.29) is 0 Å². The van der Waals surface area contributed by atoms with Crippen molar-refractivity contribution in [3.63, 3.8) is 0 Å². The predicted octanol–water partition coefficient (Wildman–Crippen LogP) is 4.96. The zero-order valence-electron chi connectivity index (χ0n) is 18.7. The molecule has 1 saturated carbocycles. The number of hydrogen-bond donors (Lipinski definition) is 2. The number of hydrogen-bond acceptors (Lipinski definition) is 5. The molecule has 0 unspecified atom stereocenters. The normalized spacial score (nSPS) is 26.4. The molecule has 2 fully saturated rings. The van der Waals surface area contributed by atoms with Gasteiger partial charge in [0.15, 0.2) is 18.5 Å². The minimum Gasteiger partial charge on any atom is -0.490 e. The van der Waals surface area contributed by atoms with Crippen LogP contribution in [-0.2, 0) is 19.1 Å². The zero-order valence-corrected chi connectivity index (χ0v) is 18.7. The van der Waals surface area contributed by atoms with Crippen molar-refractivity contribution in [1.82, 2.24) is 0 Å². The number of allylic oxidation sites excluding steroid dienone is 1. The van der Waals surface area contributed by atoms with Gasteiger partial charge in [0.25, 0.3) is 0 Å². The molecule has 2 atom stereocenters. The highest BCUT2D eigenvalue weighted by Gasteiger charge is 2.46. The number of rotatable bonds is 11. The fraction of sp³-hybridized carbons (Fsp3) is 0.600. The second kappa shape index (κ2) is 12.0. The first-order chi connectivity index (χ1) is 15.5. The molecule has 7 heteroatoms. The molecule has 0 aromatic heterocycles. The van der Waals surface area contributed by atoms with Crippen molar-refractivity contribution in [2.75, 3.05) is 6.61 Å². The van der Waals surface area contributed by atoms with Gasteiger partial charge in [-0.1, -0.05) is 56.9 Å². The van der Waals surface area contributed by atoms with Crippen LogP contribution in [0.15, 0.2) is 36.4 Å². The second-order valence-electron chi connectivity index (χ2n) is 8.71. The van der Waals surface area contributed by atoms with Crippen LogP contribution in [0, 0.1) is 11.8 Å². The maximum absolute atomic E-state index is 11.2. The summed E-state index contributed by atoms with van der Waals surface area (Å²) in [7, 11) is 0. The molecular weight excluding hydrogens is 412 g/mol. The third kappa shape index (κ3) is 6.81. The Bertz CT molecular complexity index is 743. The molecule has 1 aliphatic heterocycles. The van der Waals surface area contributed by atoms with E-state index in [1.807, 2.05) is 0 Å². The Morgan fingerprint density at radius 2 is 1.62 bits per heavy atom. The van der Waals surface area contributed by atoms with Crippen LogP contribution in [0.4, 0.5) is 0 Å². The predicted molar refractivity (Wildman–Crippen MR) is 118 cm³/mol. The van der Waals surface area contributed by atoms with Crippen LogP contribution in [0.5, 0.6) is 5.75 Å². The smallest absolute Gasteiger partial charge is 0.336 e. The molecule has 1 saturated heterocycles. The molecule has 1 heterocycles. The van der Waals surface area contributed by atoms with E-state index in [0.29, 0.717) is 23.8 Å². The fourth-order valence-corrected chi connectivity index (χ4v) is 4.44. The number of unbranched alkanes of at least 4 members (excludes halogenated alkanes) is 2. The average molecular weight is 447 g/mol. The number of carboxylic acids is 2. The van der Waals surface area contributed by atoms with E-state index in [2.05, 4.69) is 19.1 Å². The molecule has 1 aromatic rings. The summed E-state index contributed by atoms with van der Waals surface area (Å²) < 4.78 is 16.3. The van der Waals surface area contributed by atoms with Crippen LogP contribution < -0.4 is 4.74 Å². The van der Waals surface area contributed by atoms with Gasteiger partial charge in [0.1, 0.15) is 12.4 Å². The number of carboxylic acid groups (broad SMARTS) is 2. The molecule has 3 rings (SSSR count). The summed E-state index contributed by atoms with van der Waals surface area (Å²) in [5.74, 6) is -0.511. The van der Waals surface area contributed by atoms with E-state index in [9.17, 15) is 9.59 Å². The van der Waals surface area contributed by atoms with Crippen molar-refractivity contribution in [1.29, 1.82) is 0 Å². The van der Waals surface area contributed by atoms with Gasteiger partial charge < -0.3 is 24.4 Å². The minimum atomic E-state index is -1.54. The second-order valence-corrected chi connectivity index (χ2v) is 8.71. The van der Waals surface area contributed by atoms with Gasteiger partial charge in [-0.3, -0.25) is 0 Å². The minimum absolute atomic E-state index is 0.481. The Balaban J connectivity index is 1.40. The van der Waals surface area contributed by atoms with Crippen molar-refractivity contribution < 1.29 is 34.0 Å². The standard InChI is InChI=1S/C25H34O7/c1-2-3-4-6-17-8-10-18(11-9-17)7-5-16-30-20-14-12-19(13-15-20)25-31-21(23(26)27)22(32-25)24(28)29/h5,7,12-15,17-18,21-22,25H,2-4,6,8-11,16H2,1H3,(H,26,27)(H,28,29)/t17?,18?,21-,22-/m1/s1. The van der Waals surface area contributed by atoms with E-state index < -0.39 is 30.4 Å². The summed E-state index contributed by atoms with van der Waals surface area (Å²) in [6, 6.07) is 6.85.